The second-order valence-corrected chi connectivity index (χ2v) is 13.2. The Labute approximate surface area is 210 Å². The largest absolute Gasteiger partial charge is 0.418 e. The van der Waals surface area contributed by atoms with Gasteiger partial charge in [0.1, 0.15) is 0 Å². The lowest BCUT2D eigenvalue weighted by molar-refractivity contribution is -0.203. The Hall–Kier alpha value is -1.27. The molecule has 4 saturated carbocycles. The molecule has 2 N–H and O–H groups in total. The summed E-state index contributed by atoms with van der Waals surface area (Å²) >= 11 is 0. The van der Waals surface area contributed by atoms with Gasteiger partial charge in [-0.15, -0.1) is 10.2 Å². The topological polar surface area (TPSA) is 96.5 Å². The Bertz CT molecular complexity index is 932. The minimum absolute atomic E-state index is 0.109. The van der Waals surface area contributed by atoms with Crippen molar-refractivity contribution in [1.29, 1.82) is 0 Å². The van der Waals surface area contributed by atoms with E-state index in [4.69, 9.17) is 4.42 Å². The minimum Gasteiger partial charge on any atom is -0.418 e. The zero-order chi connectivity index (χ0) is 25.1. The summed E-state index contributed by atoms with van der Waals surface area (Å²) in [6, 6.07) is 0. The molecule has 5 rings (SSSR count). The fraction of sp³-hybridized carbons (Fsp3) is 0.897. The number of nitrogens with zero attached hydrogens (tertiary/aromatic N) is 2. The maximum atomic E-state index is 11.9. The van der Waals surface area contributed by atoms with Crippen LogP contribution in [0.4, 0.5) is 0 Å². The molecule has 0 aromatic carbocycles. The maximum absolute atomic E-state index is 11.9. The van der Waals surface area contributed by atoms with Gasteiger partial charge in [-0.1, -0.05) is 34.1 Å². The molecule has 0 spiro atoms. The van der Waals surface area contributed by atoms with Crippen molar-refractivity contribution < 1.29 is 19.4 Å². The van der Waals surface area contributed by atoms with Crippen LogP contribution in [0.2, 0.25) is 0 Å². The molecule has 196 valence electrons. The maximum Gasteiger partial charge on any atom is 0.283 e. The van der Waals surface area contributed by atoms with E-state index in [9.17, 15) is 15.0 Å². The first-order valence-corrected chi connectivity index (χ1v) is 14.3. The van der Waals surface area contributed by atoms with Crippen LogP contribution >= 0.6 is 0 Å². The van der Waals surface area contributed by atoms with E-state index in [1.807, 2.05) is 0 Å². The molecule has 11 atom stereocenters. The number of Topliss-reactive ketones (excluding diaryl/α,β-unsaturated/α-hetero) is 1. The summed E-state index contributed by atoms with van der Waals surface area (Å²) in [7, 11) is 0. The van der Waals surface area contributed by atoms with Crippen LogP contribution in [0.5, 0.6) is 0 Å². The average molecular weight is 487 g/mol. The molecular formula is C29H46N2O4. The van der Waals surface area contributed by atoms with Gasteiger partial charge >= 0.3 is 0 Å². The van der Waals surface area contributed by atoms with Crippen molar-refractivity contribution in [1.82, 2.24) is 10.2 Å². The highest BCUT2D eigenvalue weighted by molar-refractivity contribution is 5.89. The predicted molar refractivity (Wildman–Crippen MR) is 134 cm³/mol. The number of ketones is 1. The fourth-order valence-electron chi connectivity index (χ4n) is 9.98. The molecule has 0 radical (unpaired) electrons. The van der Waals surface area contributed by atoms with Crippen LogP contribution in [-0.4, -0.2) is 38.4 Å². The van der Waals surface area contributed by atoms with E-state index in [2.05, 4.69) is 37.9 Å². The van der Waals surface area contributed by atoms with Crippen LogP contribution in [0, 0.1) is 52.3 Å². The summed E-state index contributed by atoms with van der Waals surface area (Å²) in [6.45, 7) is 11.1. The number of aliphatic hydroxyl groups is 2. The van der Waals surface area contributed by atoms with Crippen molar-refractivity contribution in [3.05, 3.63) is 11.8 Å². The number of rotatable bonds is 6. The van der Waals surface area contributed by atoms with Gasteiger partial charge in [-0.3, -0.25) is 4.79 Å². The summed E-state index contributed by atoms with van der Waals surface area (Å²) in [5.74, 6) is 3.96. The normalized spacial score (nSPS) is 45.9. The average Bonchev–Trinajstić information content (AvgIpc) is 3.43. The van der Waals surface area contributed by atoms with E-state index < -0.39 is 0 Å². The second-order valence-electron chi connectivity index (χ2n) is 13.2. The number of aryl methyl sites for hydroxylation is 1. The standard InChI is InChI=1S/C29H46N2O4/c1-6-19-23-15-18(33)11-13-29(23,5)22-12-14-28(4)20(8-9-21(28)25(22)26(19)34)16(2)7-10-24-30-31-27(35-24)17(3)32/h16,18-23,25-26,33-34H,6-15H2,1-5H3/t16-,18-,19-,20?,21?,22?,23+,25?,26-,28-,29-/m1/s1. The van der Waals surface area contributed by atoms with Crippen molar-refractivity contribution in [2.75, 3.05) is 0 Å². The molecule has 0 bridgehead atoms. The Morgan fingerprint density at radius 1 is 1.06 bits per heavy atom. The number of hydrogen-bond acceptors (Lipinski definition) is 6. The van der Waals surface area contributed by atoms with E-state index in [1.165, 1.54) is 32.6 Å². The van der Waals surface area contributed by atoms with Crippen LogP contribution in [0.15, 0.2) is 4.42 Å². The number of aromatic nitrogens is 2. The molecule has 1 heterocycles. The Balaban J connectivity index is 1.34. The molecule has 4 fully saturated rings. The van der Waals surface area contributed by atoms with Crippen LogP contribution in [0.1, 0.15) is 109 Å². The lowest BCUT2D eigenvalue weighted by Gasteiger charge is -2.64. The van der Waals surface area contributed by atoms with Gasteiger partial charge in [0.2, 0.25) is 11.7 Å². The highest BCUT2D eigenvalue weighted by Gasteiger charge is 2.64. The molecule has 4 unspecified atom stereocenters. The predicted octanol–water partition coefficient (Wildman–Crippen LogP) is 5.47. The van der Waals surface area contributed by atoms with Crippen molar-refractivity contribution in [3.8, 4) is 0 Å². The minimum atomic E-state index is -0.240. The van der Waals surface area contributed by atoms with E-state index >= 15 is 0 Å². The quantitative estimate of drug-likeness (QED) is 0.518. The molecule has 0 aliphatic heterocycles. The Kier molecular flexibility index (Phi) is 6.70. The molecule has 35 heavy (non-hydrogen) atoms. The van der Waals surface area contributed by atoms with E-state index in [0.29, 0.717) is 53.7 Å². The first-order valence-electron chi connectivity index (χ1n) is 14.3. The highest BCUT2D eigenvalue weighted by atomic mass is 16.4. The molecular weight excluding hydrogens is 440 g/mol. The van der Waals surface area contributed by atoms with Crippen molar-refractivity contribution in [3.63, 3.8) is 0 Å². The summed E-state index contributed by atoms with van der Waals surface area (Å²) in [6.07, 6.45) is 10.1. The van der Waals surface area contributed by atoms with Crippen LogP contribution in [0.25, 0.3) is 0 Å². The first-order chi connectivity index (χ1) is 16.6. The smallest absolute Gasteiger partial charge is 0.283 e. The molecule has 0 saturated heterocycles. The van der Waals surface area contributed by atoms with Gasteiger partial charge in [0.25, 0.3) is 5.89 Å². The first kappa shape index (κ1) is 25.4. The zero-order valence-corrected chi connectivity index (χ0v) is 22.4. The Morgan fingerprint density at radius 3 is 2.46 bits per heavy atom. The number of fused-ring (bicyclic) bond motifs is 5. The molecule has 1 aromatic rings. The summed E-state index contributed by atoms with van der Waals surface area (Å²) < 4.78 is 5.55. The number of hydrogen-bond donors (Lipinski definition) is 2. The lowest BCUT2D eigenvalue weighted by atomic mass is 9.41. The summed E-state index contributed by atoms with van der Waals surface area (Å²) in [4.78, 5) is 11.5. The molecule has 4 aliphatic rings. The van der Waals surface area contributed by atoms with Crippen molar-refractivity contribution in [2.45, 2.75) is 111 Å². The van der Waals surface area contributed by atoms with Gasteiger partial charge in [0.05, 0.1) is 12.2 Å². The van der Waals surface area contributed by atoms with Crippen LogP contribution < -0.4 is 0 Å². The third-order valence-corrected chi connectivity index (χ3v) is 11.7. The third-order valence-electron chi connectivity index (χ3n) is 11.7. The van der Waals surface area contributed by atoms with Gasteiger partial charge < -0.3 is 14.6 Å². The van der Waals surface area contributed by atoms with E-state index in [0.717, 1.165) is 32.1 Å². The van der Waals surface area contributed by atoms with E-state index in [-0.39, 0.29) is 34.7 Å². The van der Waals surface area contributed by atoms with Crippen molar-refractivity contribution in [2.24, 2.45) is 52.3 Å². The highest BCUT2D eigenvalue weighted by Crippen LogP contribution is 2.69. The molecule has 0 amide bonds. The zero-order valence-electron chi connectivity index (χ0n) is 22.4. The van der Waals surface area contributed by atoms with E-state index in [1.54, 1.807) is 0 Å². The van der Waals surface area contributed by atoms with Crippen LogP contribution in [0.3, 0.4) is 0 Å². The molecule has 4 aliphatic carbocycles. The summed E-state index contributed by atoms with van der Waals surface area (Å²) in [5, 5.41) is 30.3. The lowest BCUT2D eigenvalue weighted by Crippen LogP contribution is -2.62. The van der Waals surface area contributed by atoms with Gasteiger partial charge in [-0.2, -0.15) is 0 Å². The van der Waals surface area contributed by atoms with Gasteiger partial charge in [-0.05, 0) is 104 Å². The number of carbonyl (C=O) groups is 1. The number of carbonyl (C=O) groups excluding carboxylic acids is 1. The van der Waals surface area contributed by atoms with Crippen LogP contribution in [-0.2, 0) is 6.42 Å². The summed E-state index contributed by atoms with van der Waals surface area (Å²) in [5.41, 5.74) is 0.512. The van der Waals surface area contributed by atoms with Crippen molar-refractivity contribution >= 4 is 5.78 Å². The third kappa shape index (κ3) is 4.02. The number of aliphatic hydroxyl groups excluding tert-OH is 2. The monoisotopic (exact) mass is 486 g/mol. The van der Waals surface area contributed by atoms with Gasteiger partial charge in [-0.25, -0.2) is 0 Å². The van der Waals surface area contributed by atoms with Gasteiger partial charge in [0.15, 0.2) is 0 Å². The fourth-order valence-corrected chi connectivity index (χ4v) is 9.98. The Morgan fingerprint density at radius 2 is 1.77 bits per heavy atom. The van der Waals surface area contributed by atoms with Gasteiger partial charge in [0, 0.05) is 13.3 Å². The molecule has 6 nitrogen and oxygen atoms in total. The SMILES string of the molecule is CC[C@H]1[C@@H](O)C2C3CCC([C@H](C)CCc4nnc(C(C)=O)o4)[C@@]3(C)CCC2[C@@]2(C)CC[C@@H](O)C[C@@H]12. The second kappa shape index (κ2) is 9.24. The molecule has 6 heteroatoms. The molecule has 1 aromatic heterocycles.